The molecule has 0 spiro atoms. The maximum absolute atomic E-state index is 16.2. The second-order valence-electron chi connectivity index (χ2n) is 11.6. The van der Waals surface area contributed by atoms with Crippen molar-refractivity contribution in [1.82, 2.24) is 0 Å². The quantitative estimate of drug-likeness (QED) is 0.191. The van der Waals surface area contributed by atoms with Crippen molar-refractivity contribution in [3.8, 4) is 0 Å². The minimum Gasteiger partial charge on any atom is -0.245 e. The van der Waals surface area contributed by atoms with Crippen molar-refractivity contribution in [2.45, 2.75) is 136 Å². The van der Waals surface area contributed by atoms with Crippen molar-refractivity contribution < 1.29 is 74.6 Å². The van der Waals surface area contributed by atoms with Gasteiger partial charge in [-0.05, 0) is 0 Å². The first-order valence-corrected chi connectivity index (χ1v) is 16.7. The third kappa shape index (κ3) is 6.59. The van der Waals surface area contributed by atoms with Crippen LogP contribution in [0.2, 0.25) is 0 Å². The van der Waals surface area contributed by atoms with E-state index in [9.17, 15) is 65.9 Å². The molecular formula is C26H27F17S3. The van der Waals surface area contributed by atoms with Crippen LogP contribution in [0.25, 0.3) is 0 Å². The summed E-state index contributed by atoms with van der Waals surface area (Å²) in [5.41, 5.74) is 0. The molecule has 16 unspecified atom stereocenters. The Morgan fingerprint density at radius 1 is 0.261 bits per heavy atom. The first-order chi connectivity index (χ1) is 21.4. The van der Waals surface area contributed by atoms with Crippen molar-refractivity contribution >= 4 is 35.3 Å². The monoisotopic (exact) mass is 758 g/mol. The largest absolute Gasteiger partial charge is 0.245 e. The Hall–Kier alpha value is -0.400. The highest BCUT2D eigenvalue weighted by atomic mass is 32.2. The van der Waals surface area contributed by atoms with E-state index in [1.54, 1.807) is 0 Å². The van der Waals surface area contributed by atoms with Gasteiger partial charge in [0.05, 0.1) is 21.0 Å². The summed E-state index contributed by atoms with van der Waals surface area (Å²) >= 11 is -1.02. The van der Waals surface area contributed by atoms with Crippen molar-refractivity contribution in [2.75, 3.05) is 0 Å². The van der Waals surface area contributed by atoms with Gasteiger partial charge in [-0.15, -0.1) is 41.9 Å². The number of allylic oxidation sites excluding steroid dienone is 1. The van der Waals surface area contributed by atoms with Gasteiger partial charge in [-0.2, -0.15) is 0 Å². The molecule has 4 aliphatic rings. The third-order valence-corrected chi connectivity index (χ3v) is 13.9. The van der Waals surface area contributed by atoms with Gasteiger partial charge < -0.3 is 0 Å². The Kier molecular flexibility index (Phi) is 12.4. The van der Waals surface area contributed by atoms with Crippen LogP contribution in [0.3, 0.4) is 0 Å². The predicted molar refractivity (Wildman–Crippen MR) is 142 cm³/mol. The van der Waals surface area contributed by atoms with Crippen molar-refractivity contribution in [3.05, 3.63) is 12.7 Å². The predicted octanol–water partition coefficient (Wildman–Crippen LogP) is 8.00. The minimum absolute atomic E-state index is 0.280. The topological polar surface area (TPSA) is 0 Å². The normalized spacial score (nSPS) is 58.5. The molecule has 268 valence electrons. The molecule has 0 radical (unpaired) electrons. The summed E-state index contributed by atoms with van der Waals surface area (Å²) in [5, 5.41) is -14.8. The summed E-state index contributed by atoms with van der Waals surface area (Å²) in [6, 6.07) is 0. The Bertz CT molecular complexity index is 934. The average Bonchev–Trinajstić information content (AvgIpc) is 3.04. The maximum Gasteiger partial charge on any atom is 0.168 e. The zero-order valence-electron chi connectivity index (χ0n) is 22.8. The van der Waals surface area contributed by atoms with Gasteiger partial charge in [0, 0.05) is 16.4 Å². The average molecular weight is 759 g/mol. The summed E-state index contributed by atoms with van der Waals surface area (Å²) in [4.78, 5) is 0. The molecule has 4 rings (SSSR count). The van der Waals surface area contributed by atoms with Gasteiger partial charge in [-0.1, -0.05) is 6.08 Å². The molecule has 4 aliphatic carbocycles. The van der Waals surface area contributed by atoms with Gasteiger partial charge >= 0.3 is 0 Å². The van der Waals surface area contributed by atoms with Gasteiger partial charge in [-0.25, -0.2) is 74.6 Å². The van der Waals surface area contributed by atoms with Crippen LogP contribution in [0.5, 0.6) is 0 Å². The molecule has 0 saturated heterocycles. The summed E-state index contributed by atoms with van der Waals surface area (Å²) in [7, 11) is 0. The lowest BCUT2D eigenvalue weighted by molar-refractivity contribution is -0.0467. The fourth-order valence-electron chi connectivity index (χ4n) is 6.10. The molecule has 46 heavy (non-hydrogen) atoms. The van der Waals surface area contributed by atoms with E-state index in [1.807, 2.05) is 0 Å². The fraction of sp³-hybridized carbons (Fsp3) is 0.923. The molecule has 0 nitrogen and oxygen atoms in total. The lowest BCUT2D eigenvalue weighted by Crippen LogP contribution is -2.61. The van der Waals surface area contributed by atoms with Crippen LogP contribution >= 0.6 is 35.3 Å². The molecule has 0 heterocycles. The van der Waals surface area contributed by atoms with Crippen LogP contribution in [0.4, 0.5) is 74.6 Å². The van der Waals surface area contributed by atoms with Crippen molar-refractivity contribution in [1.29, 1.82) is 0 Å². The first-order valence-electron chi connectivity index (χ1n) is 13.9. The number of thioether (sulfide) groups is 3. The number of halogens is 17. The number of rotatable bonds is 7. The van der Waals surface area contributed by atoms with Gasteiger partial charge in [0.1, 0.15) is 49.4 Å². The van der Waals surface area contributed by atoms with E-state index >= 15 is 8.78 Å². The van der Waals surface area contributed by atoms with E-state index in [0.29, 0.717) is 6.08 Å². The summed E-state index contributed by atoms with van der Waals surface area (Å²) < 4.78 is 247. The Morgan fingerprint density at radius 2 is 0.435 bits per heavy atom. The molecule has 0 bridgehead atoms. The van der Waals surface area contributed by atoms with E-state index < -0.39 is 154 Å². The Labute approximate surface area is 264 Å². The zero-order chi connectivity index (χ0) is 34.7. The SMILES string of the molecule is C=CC1C(SC2C(F)C(F)C(F)C(F)C2F)C(F)C(SC2C(F)C(F)C(F)C(F)C2F)C(F)C1SC1C(F)C(F)C(F)C(F)C1F. The van der Waals surface area contributed by atoms with Crippen molar-refractivity contribution in [3.63, 3.8) is 0 Å². The van der Waals surface area contributed by atoms with Gasteiger partial charge in [0.25, 0.3) is 0 Å². The van der Waals surface area contributed by atoms with Crippen LogP contribution in [0, 0.1) is 5.92 Å². The molecule has 4 fully saturated rings. The second-order valence-corrected chi connectivity index (χ2v) is 15.6. The smallest absolute Gasteiger partial charge is 0.168 e. The molecule has 0 aromatic rings. The molecule has 0 aromatic heterocycles. The van der Waals surface area contributed by atoms with E-state index in [0.717, 1.165) is 0 Å². The van der Waals surface area contributed by atoms with Crippen LogP contribution in [0.15, 0.2) is 12.7 Å². The maximum atomic E-state index is 16.2. The van der Waals surface area contributed by atoms with Crippen LogP contribution in [0.1, 0.15) is 0 Å². The Balaban J connectivity index is 1.73. The van der Waals surface area contributed by atoms with Crippen molar-refractivity contribution in [2.24, 2.45) is 5.92 Å². The highest BCUT2D eigenvalue weighted by Crippen LogP contribution is 2.54. The van der Waals surface area contributed by atoms with Gasteiger partial charge in [-0.3, -0.25) is 0 Å². The lowest BCUT2D eigenvalue weighted by Gasteiger charge is -2.49. The summed E-state index contributed by atoms with van der Waals surface area (Å²) in [6.07, 6.45) is -54.1. The highest BCUT2D eigenvalue weighted by Gasteiger charge is 2.62. The molecule has 20 heteroatoms. The fourth-order valence-corrected chi connectivity index (χ4v) is 11.5. The second kappa shape index (κ2) is 14.8. The molecular weight excluding hydrogens is 731 g/mol. The minimum atomic E-state index is -3.33. The lowest BCUT2D eigenvalue weighted by atomic mass is 9.85. The van der Waals surface area contributed by atoms with E-state index in [4.69, 9.17) is 0 Å². The molecule has 0 aliphatic heterocycles. The van der Waals surface area contributed by atoms with E-state index in [2.05, 4.69) is 6.58 Å². The standard InChI is InChI=1S/C26H27F17S3/c1-2-3-21(44-23-13(36)7(30)4(27)8(31)14(23)37)19(42)26(46-25-17(40)11(34)6(29)12(35)18(25)41)20(43)22(3)45-24-15(38)9(32)5(28)10(33)16(24)39/h2-26H,1H2. The third-order valence-electron chi connectivity index (χ3n) is 8.76. The van der Waals surface area contributed by atoms with Gasteiger partial charge in [0.2, 0.25) is 0 Å². The molecule has 0 N–H and O–H groups in total. The molecule has 16 atom stereocenters. The molecule has 4 saturated carbocycles. The molecule has 0 aromatic carbocycles. The number of hydrogen-bond acceptors (Lipinski definition) is 3. The summed E-state index contributed by atoms with van der Waals surface area (Å²) in [5.74, 6) is -1.92. The summed E-state index contributed by atoms with van der Waals surface area (Å²) in [6.45, 7) is 3.27. The number of alkyl halides is 17. The van der Waals surface area contributed by atoms with Crippen LogP contribution < -0.4 is 0 Å². The molecule has 0 amide bonds. The highest BCUT2D eigenvalue weighted by molar-refractivity contribution is 8.02. The van der Waals surface area contributed by atoms with E-state index in [-0.39, 0.29) is 23.5 Å². The Morgan fingerprint density at radius 3 is 0.652 bits per heavy atom. The van der Waals surface area contributed by atoms with Crippen LogP contribution in [-0.2, 0) is 0 Å². The van der Waals surface area contributed by atoms with Crippen LogP contribution in [-0.4, -0.2) is 136 Å². The first kappa shape index (κ1) is 38.4. The number of hydrogen-bond donors (Lipinski definition) is 0. The zero-order valence-corrected chi connectivity index (χ0v) is 25.2. The van der Waals surface area contributed by atoms with E-state index in [1.165, 1.54) is 0 Å². The van der Waals surface area contributed by atoms with Gasteiger partial charge in [0.15, 0.2) is 55.5 Å².